The molecule has 2 aromatic carbocycles. The zero-order valence-corrected chi connectivity index (χ0v) is 16.8. The quantitative estimate of drug-likeness (QED) is 0.294. The van der Waals surface area contributed by atoms with E-state index < -0.39 is 10.9 Å². The Labute approximate surface area is 174 Å². The van der Waals surface area contributed by atoms with E-state index in [4.69, 9.17) is 4.74 Å². The van der Waals surface area contributed by atoms with Gasteiger partial charge in [-0.2, -0.15) is 0 Å². The molecule has 0 spiro atoms. The molecule has 0 bridgehead atoms. The highest BCUT2D eigenvalue weighted by atomic mass is 79.9. The van der Waals surface area contributed by atoms with Crippen molar-refractivity contribution < 1.29 is 14.5 Å². The minimum atomic E-state index is -0.572. The molecule has 3 rings (SSSR count). The smallest absolute Gasteiger partial charge is 0.353 e. The van der Waals surface area contributed by atoms with Crippen molar-refractivity contribution in [1.29, 1.82) is 0 Å². The Morgan fingerprint density at radius 1 is 1.10 bits per heavy atom. The Bertz CT molecular complexity index is 1060. The maximum absolute atomic E-state index is 11.9. The molecule has 0 unspecified atom stereocenters. The fraction of sp³-hybridized carbons (Fsp3) is 0.105. The number of nitrogens with one attached hydrogen (secondary N) is 2. The summed E-state index contributed by atoms with van der Waals surface area (Å²) in [4.78, 5) is 31.1. The average molecular weight is 458 g/mol. The van der Waals surface area contributed by atoms with Crippen LogP contribution in [0.2, 0.25) is 0 Å². The van der Waals surface area contributed by atoms with Gasteiger partial charge < -0.3 is 15.4 Å². The van der Waals surface area contributed by atoms with Crippen LogP contribution in [0.1, 0.15) is 17.3 Å². The Balaban J connectivity index is 1.93. The molecule has 0 aliphatic heterocycles. The highest BCUT2D eigenvalue weighted by Gasteiger charge is 2.23. The highest BCUT2D eigenvalue weighted by Crippen LogP contribution is 2.33. The van der Waals surface area contributed by atoms with Crippen molar-refractivity contribution in [2.75, 3.05) is 17.2 Å². The van der Waals surface area contributed by atoms with Gasteiger partial charge >= 0.3 is 11.7 Å². The van der Waals surface area contributed by atoms with Gasteiger partial charge in [0.25, 0.3) is 0 Å². The van der Waals surface area contributed by atoms with Gasteiger partial charge in [-0.1, -0.05) is 28.1 Å². The first-order valence-corrected chi connectivity index (χ1v) is 9.33. The van der Waals surface area contributed by atoms with Crippen molar-refractivity contribution >= 4 is 50.6 Å². The number of anilines is 4. The second kappa shape index (κ2) is 9.11. The van der Waals surface area contributed by atoms with E-state index in [2.05, 4.69) is 36.5 Å². The first-order valence-electron chi connectivity index (χ1n) is 8.54. The van der Waals surface area contributed by atoms with Gasteiger partial charge in [-0.25, -0.2) is 14.8 Å². The molecule has 0 saturated carbocycles. The number of benzene rings is 2. The Morgan fingerprint density at radius 2 is 1.72 bits per heavy atom. The number of rotatable bonds is 7. The third-order valence-electron chi connectivity index (χ3n) is 3.73. The first-order chi connectivity index (χ1) is 14.0. The van der Waals surface area contributed by atoms with Crippen LogP contribution in [0, 0.1) is 10.1 Å². The molecule has 0 fully saturated rings. The van der Waals surface area contributed by atoms with Crippen LogP contribution in [0.3, 0.4) is 0 Å². The van der Waals surface area contributed by atoms with Crippen LogP contribution >= 0.6 is 15.9 Å². The summed E-state index contributed by atoms with van der Waals surface area (Å²) in [5.74, 6) is -0.457. The van der Waals surface area contributed by atoms with Crippen LogP contribution in [0.25, 0.3) is 0 Å². The molecule has 0 radical (unpaired) electrons. The molecule has 1 aromatic heterocycles. The molecule has 0 saturated heterocycles. The monoisotopic (exact) mass is 457 g/mol. The van der Waals surface area contributed by atoms with E-state index in [0.29, 0.717) is 16.9 Å². The lowest BCUT2D eigenvalue weighted by Crippen LogP contribution is -2.07. The predicted molar refractivity (Wildman–Crippen MR) is 112 cm³/mol. The van der Waals surface area contributed by atoms with E-state index in [1.54, 1.807) is 43.3 Å². The Kier molecular flexibility index (Phi) is 6.35. The lowest BCUT2D eigenvalue weighted by atomic mass is 10.2. The van der Waals surface area contributed by atoms with E-state index in [1.807, 2.05) is 6.07 Å². The van der Waals surface area contributed by atoms with Gasteiger partial charge in [0.2, 0.25) is 11.6 Å². The van der Waals surface area contributed by atoms with Crippen LogP contribution in [0.5, 0.6) is 0 Å². The number of hydrogen-bond acceptors (Lipinski definition) is 8. The summed E-state index contributed by atoms with van der Waals surface area (Å²) < 4.78 is 5.79. The largest absolute Gasteiger partial charge is 0.462 e. The zero-order chi connectivity index (χ0) is 20.8. The van der Waals surface area contributed by atoms with E-state index in [9.17, 15) is 14.9 Å². The number of carbonyl (C=O) groups is 1. The van der Waals surface area contributed by atoms with Gasteiger partial charge in [0.1, 0.15) is 6.33 Å². The Hall–Kier alpha value is -3.53. The normalized spacial score (nSPS) is 10.3. The van der Waals surface area contributed by atoms with E-state index in [0.717, 1.165) is 4.47 Å². The molecule has 148 valence electrons. The number of nitro groups is 1. The van der Waals surface area contributed by atoms with Crippen molar-refractivity contribution in [2.24, 2.45) is 0 Å². The molecule has 9 nitrogen and oxygen atoms in total. The molecule has 0 atom stereocenters. The van der Waals surface area contributed by atoms with Crippen LogP contribution in [-0.2, 0) is 4.74 Å². The standard InChI is InChI=1S/C19H16BrN5O4/c1-2-29-19(26)12-5-3-7-14(9-12)23-17-16(25(27)28)18(22-11-21-17)24-15-8-4-6-13(20)10-15/h3-11H,2H2,1H3,(H2,21,22,23,24). The summed E-state index contributed by atoms with van der Waals surface area (Å²) in [6.45, 7) is 1.96. The van der Waals surface area contributed by atoms with Crippen molar-refractivity contribution in [3.63, 3.8) is 0 Å². The van der Waals surface area contributed by atoms with Crippen LogP contribution in [0.15, 0.2) is 59.3 Å². The lowest BCUT2D eigenvalue weighted by Gasteiger charge is -2.11. The molecule has 0 aliphatic rings. The van der Waals surface area contributed by atoms with Crippen molar-refractivity contribution in [3.05, 3.63) is 75.0 Å². The topological polar surface area (TPSA) is 119 Å². The summed E-state index contributed by atoms with van der Waals surface area (Å²) >= 11 is 3.35. The molecule has 0 aliphatic carbocycles. The lowest BCUT2D eigenvalue weighted by molar-refractivity contribution is -0.383. The van der Waals surface area contributed by atoms with Gasteiger partial charge in [-0.15, -0.1) is 0 Å². The molecule has 10 heteroatoms. The van der Waals surface area contributed by atoms with Crippen molar-refractivity contribution in [3.8, 4) is 0 Å². The van der Waals surface area contributed by atoms with Crippen molar-refractivity contribution in [1.82, 2.24) is 9.97 Å². The fourth-order valence-electron chi connectivity index (χ4n) is 2.51. The van der Waals surface area contributed by atoms with Gasteiger partial charge in [-0.05, 0) is 43.3 Å². The number of ether oxygens (including phenoxy) is 1. The summed E-state index contributed by atoms with van der Waals surface area (Å²) in [6.07, 6.45) is 1.21. The Morgan fingerprint density at radius 3 is 2.31 bits per heavy atom. The minimum Gasteiger partial charge on any atom is -0.462 e. The highest BCUT2D eigenvalue weighted by molar-refractivity contribution is 9.10. The summed E-state index contributed by atoms with van der Waals surface area (Å²) in [5.41, 5.74) is 1.07. The van der Waals surface area contributed by atoms with Crippen LogP contribution in [-0.4, -0.2) is 27.5 Å². The molecule has 29 heavy (non-hydrogen) atoms. The van der Waals surface area contributed by atoms with Gasteiger partial charge in [0.15, 0.2) is 0 Å². The maximum atomic E-state index is 11.9. The predicted octanol–water partition coefficient (Wildman–Crippen LogP) is 4.81. The van der Waals surface area contributed by atoms with E-state index in [1.165, 1.54) is 12.4 Å². The molecule has 3 aromatic rings. The fourth-order valence-corrected chi connectivity index (χ4v) is 2.91. The maximum Gasteiger partial charge on any atom is 0.353 e. The number of halogens is 1. The molecular weight excluding hydrogens is 442 g/mol. The summed E-state index contributed by atoms with van der Waals surface area (Å²) in [7, 11) is 0. The number of aromatic nitrogens is 2. The number of nitrogens with zero attached hydrogens (tertiary/aromatic N) is 3. The van der Waals surface area contributed by atoms with E-state index >= 15 is 0 Å². The number of hydrogen-bond donors (Lipinski definition) is 2. The number of carbonyl (C=O) groups excluding carboxylic acids is 1. The second-order valence-electron chi connectivity index (χ2n) is 5.74. The summed E-state index contributed by atoms with van der Waals surface area (Å²) in [5, 5.41) is 17.5. The second-order valence-corrected chi connectivity index (χ2v) is 6.65. The molecule has 0 amide bonds. The van der Waals surface area contributed by atoms with Gasteiger partial charge in [-0.3, -0.25) is 10.1 Å². The SMILES string of the molecule is CCOC(=O)c1cccc(Nc2ncnc(Nc3cccc(Br)c3)c2[N+](=O)[O-])c1. The third-order valence-corrected chi connectivity index (χ3v) is 4.22. The van der Waals surface area contributed by atoms with Crippen molar-refractivity contribution in [2.45, 2.75) is 6.92 Å². The van der Waals surface area contributed by atoms with E-state index in [-0.39, 0.29) is 23.9 Å². The third kappa shape index (κ3) is 5.05. The number of esters is 1. The minimum absolute atomic E-state index is 0.0106. The van der Waals surface area contributed by atoms with Crippen LogP contribution in [0.4, 0.5) is 28.7 Å². The van der Waals surface area contributed by atoms with Gasteiger partial charge in [0.05, 0.1) is 17.1 Å². The zero-order valence-electron chi connectivity index (χ0n) is 15.3. The molecular formula is C19H16BrN5O4. The van der Waals surface area contributed by atoms with Crippen LogP contribution < -0.4 is 10.6 Å². The first kappa shape index (κ1) is 20.2. The van der Waals surface area contributed by atoms with Gasteiger partial charge in [0, 0.05) is 15.8 Å². The summed E-state index contributed by atoms with van der Waals surface area (Å²) in [6, 6.07) is 13.6. The molecule has 1 heterocycles. The molecule has 2 N–H and O–H groups in total. The average Bonchev–Trinajstić information content (AvgIpc) is 2.68.